The number of aryl methyl sites for hydroxylation is 2. The first-order valence-corrected chi connectivity index (χ1v) is 9.86. The maximum atomic E-state index is 12.4. The molecule has 0 radical (unpaired) electrons. The van der Waals surface area contributed by atoms with Gasteiger partial charge >= 0.3 is 0 Å². The van der Waals surface area contributed by atoms with Gasteiger partial charge in [0.05, 0.1) is 13.0 Å². The Labute approximate surface area is 166 Å². The lowest BCUT2D eigenvalue weighted by atomic mass is 9.95. The summed E-state index contributed by atoms with van der Waals surface area (Å²) in [6, 6.07) is 15.5. The molecule has 2 aromatic carbocycles. The van der Waals surface area contributed by atoms with E-state index >= 15 is 0 Å². The summed E-state index contributed by atoms with van der Waals surface area (Å²) in [6.45, 7) is 5.67. The quantitative estimate of drug-likeness (QED) is 0.825. The van der Waals surface area contributed by atoms with Crippen LogP contribution in [-0.2, 0) is 9.59 Å². The number of anilines is 1. The molecule has 2 aromatic rings. The lowest BCUT2D eigenvalue weighted by Crippen LogP contribution is -2.41. The van der Waals surface area contributed by atoms with Gasteiger partial charge < -0.3 is 15.0 Å². The second-order valence-corrected chi connectivity index (χ2v) is 7.38. The van der Waals surface area contributed by atoms with E-state index in [0.717, 1.165) is 17.0 Å². The number of benzene rings is 2. The number of para-hydroxylation sites is 1. The third-order valence-corrected chi connectivity index (χ3v) is 5.16. The molecule has 0 atom stereocenters. The molecule has 1 aliphatic heterocycles. The molecule has 3 rings (SSSR count). The van der Waals surface area contributed by atoms with Gasteiger partial charge in [-0.1, -0.05) is 35.9 Å². The van der Waals surface area contributed by atoms with E-state index in [1.54, 1.807) is 0 Å². The smallest absolute Gasteiger partial charge is 0.227 e. The Bertz CT molecular complexity index is 812. The van der Waals surface area contributed by atoms with Crippen LogP contribution in [0.4, 0.5) is 5.69 Å². The molecular formula is C23H28N2O3. The maximum Gasteiger partial charge on any atom is 0.227 e. The number of carbonyl (C=O) groups excluding carboxylic acids is 2. The van der Waals surface area contributed by atoms with Gasteiger partial charge in [-0.3, -0.25) is 9.59 Å². The van der Waals surface area contributed by atoms with E-state index in [0.29, 0.717) is 39.0 Å². The maximum absolute atomic E-state index is 12.4. The van der Waals surface area contributed by atoms with Crippen LogP contribution in [0, 0.1) is 19.8 Å². The zero-order valence-electron chi connectivity index (χ0n) is 16.6. The summed E-state index contributed by atoms with van der Waals surface area (Å²) in [4.78, 5) is 26.7. The standard InChI is InChI=1S/C23H28N2O3/c1-17-8-9-21(18(2)16-17)28-15-12-22(26)25-13-10-19(11-14-25)23(27)24-20-6-4-3-5-7-20/h3-9,16,19H,10-15H2,1-2H3,(H,24,27). The summed E-state index contributed by atoms with van der Waals surface area (Å²) < 4.78 is 5.77. The molecule has 0 bridgehead atoms. The normalized spacial score (nSPS) is 14.6. The first-order chi connectivity index (χ1) is 13.5. The van der Waals surface area contributed by atoms with Gasteiger partial charge in [0.25, 0.3) is 0 Å². The van der Waals surface area contributed by atoms with Crippen LogP contribution in [0.5, 0.6) is 5.75 Å². The van der Waals surface area contributed by atoms with Crippen LogP contribution in [0.2, 0.25) is 0 Å². The van der Waals surface area contributed by atoms with E-state index in [1.807, 2.05) is 61.2 Å². The second kappa shape index (κ2) is 9.40. The zero-order chi connectivity index (χ0) is 19.9. The second-order valence-electron chi connectivity index (χ2n) is 7.38. The topological polar surface area (TPSA) is 58.6 Å². The Kier molecular flexibility index (Phi) is 6.69. The average Bonchev–Trinajstić information content (AvgIpc) is 2.70. The summed E-state index contributed by atoms with van der Waals surface area (Å²) in [7, 11) is 0. The Morgan fingerprint density at radius 2 is 1.79 bits per heavy atom. The van der Waals surface area contributed by atoms with E-state index in [-0.39, 0.29) is 17.7 Å². The highest BCUT2D eigenvalue weighted by Gasteiger charge is 2.27. The van der Waals surface area contributed by atoms with Crippen molar-refractivity contribution < 1.29 is 14.3 Å². The zero-order valence-corrected chi connectivity index (χ0v) is 16.6. The summed E-state index contributed by atoms with van der Waals surface area (Å²) in [5.74, 6) is 0.911. The lowest BCUT2D eigenvalue weighted by Gasteiger charge is -2.31. The van der Waals surface area contributed by atoms with Crippen molar-refractivity contribution in [3.63, 3.8) is 0 Å². The fraction of sp³-hybridized carbons (Fsp3) is 0.391. The highest BCUT2D eigenvalue weighted by molar-refractivity contribution is 5.92. The average molecular weight is 380 g/mol. The number of ether oxygens (including phenoxy) is 1. The molecular weight excluding hydrogens is 352 g/mol. The van der Waals surface area contributed by atoms with Gasteiger partial charge in [0.15, 0.2) is 0 Å². The molecule has 148 valence electrons. The Balaban J connectivity index is 1.40. The van der Waals surface area contributed by atoms with Crippen molar-refractivity contribution in [3.8, 4) is 5.75 Å². The van der Waals surface area contributed by atoms with Crippen LogP contribution in [0.1, 0.15) is 30.4 Å². The first kappa shape index (κ1) is 19.9. The van der Waals surface area contributed by atoms with Crippen LogP contribution in [0.25, 0.3) is 0 Å². The Hall–Kier alpha value is -2.82. The van der Waals surface area contributed by atoms with Gasteiger partial charge in [0.2, 0.25) is 11.8 Å². The van der Waals surface area contributed by atoms with E-state index < -0.39 is 0 Å². The molecule has 1 saturated heterocycles. The molecule has 1 aliphatic rings. The predicted octanol–water partition coefficient (Wildman–Crippen LogP) is 3.95. The fourth-order valence-electron chi connectivity index (χ4n) is 3.52. The number of nitrogens with zero attached hydrogens (tertiary/aromatic N) is 1. The number of hydrogen-bond acceptors (Lipinski definition) is 3. The number of likely N-dealkylation sites (tertiary alicyclic amines) is 1. The van der Waals surface area contributed by atoms with Gasteiger partial charge in [0.1, 0.15) is 5.75 Å². The van der Waals surface area contributed by atoms with Gasteiger partial charge in [-0.15, -0.1) is 0 Å². The summed E-state index contributed by atoms with van der Waals surface area (Å²) in [6.07, 6.45) is 1.75. The molecule has 1 heterocycles. The molecule has 5 heteroatoms. The number of carbonyl (C=O) groups is 2. The number of hydrogen-bond donors (Lipinski definition) is 1. The Morgan fingerprint density at radius 3 is 2.46 bits per heavy atom. The summed E-state index contributed by atoms with van der Waals surface area (Å²) in [5.41, 5.74) is 3.09. The molecule has 0 aliphatic carbocycles. The van der Waals surface area contributed by atoms with Crippen molar-refractivity contribution in [1.29, 1.82) is 0 Å². The van der Waals surface area contributed by atoms with E-state index in [4.69, 9.17) is 4.74 Å². The fourth-order valence-corrected chi connectivity index (χ4v) is 3.52. The molecule has 0 spiro atoms. The lowest BCUT2D eigenvalue weighted by molar-refractivity contribution is -0.135. The summed E-state index contributed by atoms with van der Waals surface area (Å²) in [5, 5.41) is 2.95. The van der Waals surface area contributed by atoms with Crippen molar-refractivity contribution in [1.82, 2.24) is 4.90 Å². The monoisotopic (exact) mass is 380 g/mol. The predicted molar refractivity (Wildman–Crippen MR) is 110 cm³/mol. The molecule has 0 unspecified atom stereocenters. The molecule has 1 fully saturated rings. The van der Waals surface area contributed by atoms with E-state index in [2.05, 4.69) is 11.4 Å². The van der Waals surface area contributed by atoms with E-state index in [1.165, 1.54) is 5.56 Å². The first-order valence-electron chi connectivity index (χ1n) is 9.86. The number of amides is 2. The molecule has 1 N–H and O–H groups in total. The van der Waals surface area contributed by atoms with Crippen molar-refractivity contribution >= 4 is 17.5 Å². The van der Waals surface area contributed by atoms with Crippen LogP contribution >= 0.6 is 0 Å². The number of piperidine rings is 1. The molecule has 0 aromatic heterocycles. The Morgan fingerprint density at radius 1 is 1.07 bits per heavy atom. The highest BCUT2D eigenvalue weighted by atomic mass is 16.5. The number of rotatable bonds is 6. The molecule has 28 heavy (non-hydrogen) atoms. The van der Waals surface area contributed by atoms with Crippen molar-refractivity contribution in [2.24, 2.45) is 5.92 Å². The molecule has 2 amide bonds. The van der Waals surface area contributed by atoms with Crippen molar-refractivity contribution in [3.05, 3.63) is 59.7 Å². The molecule has 0 saturated carbocycles. The van der Waals surface area contributed by atoms with Crippen LogP contribution in [0.3, 0.4) is 0 Å². The highest BCUT2D eigenvalue weighted by Crippen LogP contribution is 2.21. The van der Waals surface area contributed by atoms with Crippen LogP contribution in [0.15, 0.2) is 48.5 Å². The van der Waals surface area contributed by atoms with Crippen molar-refractivity contribution in [2.45, 2.75) is 33.1 Å². The number of nitrogens with one attached hydrogen (secondary N) is 1. The van der Waals surface area contributed by atoms with Crippen LogP contribution in [-0.4, -0.2) is 36.4 Å². The van der Waals surface area contributed by atoms with Gasteiger partial charge in [-0.25, -0.2) is 0 Å². The van der Waals surface area contributed by atoms with Crippen LogP contribution < -0.4 is 10.1 Å². The SMILES string of the molecule is Cc1ccc(OCCC(=O)N2CCC(C(=O)Nc3ccccc3)CC2)c(C)c1. The van der Waals surface area contributed by atoms with Crippen molar-refractivity contribution in [2.75, 3.05) is 25.0 Å². The summed E-state index contributed by atoms with van der Waals surface area (Å²) >= 11 is 0. The molecule has 5 nitrogen and oxygen atoms in total. The minimum Gasteiger partial charge on any atom is -0.493 e. The van der Waals surface area contributed by atoms with Gasteiger partial charge in [-0.05, 0) is 50.5 Å². The van der Waals surface area contributed by atoms with Gasteiger partial charge in [0, 0.05) is 24.7 Å². The minimum absolute atomic E-state index is 0.0384. The van der Waals surface area contributed by atoms with E-state index in [9.17, 15) is 9.59 Å². The third-order valence-electron chi connectivity index (χ3n) is 5.16. The minimum atomic E-state index is -0.0456. The third kappa shape index (κ3) is 5.35. The van der Waals surface area contributed by atoms with Gasteiger partial charge in [-0.2, -0.15) is 0 Å². The largest absolute Gasteiger partial charge is 0.493 e.